The zero-order chi connectivity index (χ0) is 28.1. The number of esters is 1. The number of ether oxygens (including phenoxy) is 2. The van der Waals surface area contributed by atoms with Crippen LogP contribution in [0.3, 0.4) is 0 Å². The van der Waals surface area contributed by atoms with Crippen LogP contribution in [0.4, 0.5) is 5.69 Å². The first-order valence-corrected chi connectivity index (χ1v) is 15.1. The molecule has 3 heterocycles. The maximum absolute atomic E-state index is 13.8. The lowest BCUT2D eigenvalue weighted by molar-refractivity contribution is -0.167. The van der Waals surface area contributed by atoms with Gasteiger partial charge in [0.2, 0.25) is 5.91 Å². The van der Waals surface area contributed by atoms with Gasteiger partial charge >= 0.3 is 5.97 Å². The van der Waals surface area contributed by atoms with E-state index in [1.165, 1.54) is 7.11 Å². The van der Waals surface area contributed by atoms with Gasteiger partial charge in [0.25, 0.3) is 0 Å². The third kappa shape index (κ3) is 6.32. The predicted molar refractivity (Wildman–Crippen MR) is 156 cm³/mol. The monoisotopic (exact) mass is 568 g/mol. The number of aliphatic hydroxyl groups excluding tert-OH is 1. The number of halogens is 1. The molecule has 2 aromatic rings. The summed E-state index contributed by atoms with van der Waals surface area (Å²) in [6.45, 7) is 2.93. The van der Waals surface area contributed by atoms with Crippen LogP contribution in [-0.2, 0) is 32.8 Å². The van der Waals surface area contributed by atoms with Crippen molar-refractivity contribution in [1.29, 1.82) is 0 Å². The number of carbonyl (C=O) groups excluding carboxylic acids is 2. The average molecular weight is 569 g/mol. The molecule has 0 radical (unpaired) electrons. The molecule has 4 fully saturated rings. The van der Waals surface area contributed by atoms with Crippen molar-refractivity contribution in [3.8, 4) is 5.75 Å². The molecule has 2 N–H and O–H groups in total. The summed E-state index contributed by atoms with van der Waals surface area (Å²) in [6.07, 6.45) is 8.88. The molecule has 4 aliphatic rings. The molecule has 0 aromatic heterocycles. The fourth-order valence-corrected chi connectivity index (χ4v) is 6.99. The molecule has 8 heteroatoms. The number of aryl methyl sites for hydroxylation is 1. The van der Waals surface area contributed by atoms with Gasteiger partial charge in [0.15, 0.2) is 0 Å². The summed E-state index contributed by atoms with van der Waals surface area (Å²) in [5.41, 5.74) is 2.63. The van der Waals surface area contributed by atoms with Crippen molar-refractivity contribution in [3.63, 3.8) is 0 Å². The minimum absolute atomic E-state index is 0.0174. The molecule has 3 saturated heterocycles. The van der Waals surface area contributed by atoms with Gasteiger partial charge in [-0.1, -0.05) is 55.1 Å². The number of amides is 1. The standard InChI is InChI=1S/C32H41ClN2O5/c1-39-28-19-27(26(33)18-24(28)21-36)34-30(37)10-6-8-22-7-5-9-25(17-22)32(13-3-2-4-14-32)31(38)40-29-20-35-15-11-23(29)12-16-35/h5,7,9,17-19,23,29,36H,2-4,6,8,10-16,20-21H2,1H3,(H,34,37)/t29-/m0/s1. The third-order valence-corrected chi connectivity index (χ3v) is 9.43. The summed E-state index contributed by atoms with van der Waals surface area (Å²) in [4.78, 5) is 28.9. The summed E-state index contributed by atoms with van der Waals surface area (Å²) in [6, 6.07) is 11.6. The van der Waals surface area contributed by atoms with Gasteiger partial charge in [0.1, 0.15) is 11.9 Å². The van der Waals surface area contributed by atoms with Crippen LogP contribution in [0.5, 0.6) is 5.75 Å². The molecule has 1 atom stereocenters. The lowest BCUT2D eigenvalue weighted by atomic mass is 9.69. The number of anilines is 1. The van der Waals surface area contributed by atoms with E-state index < -0.39 is 5.41 Å². The molecule has 2 bridgehead atoms. The van der Waals surface area contributed by atoms with Gasteiger partial charge in [-0.2, -0.15) is 0 Å². The first-order chi connectivity index (χ1) is 19.4. The highest BCUT2D eigenvalue weighted by molar-refractivity contribution is 6.33. The number of benzene rings is 2. The Morgan fingerprint density at radius 2 is 1.90 bits per heavy atom. The van der Waals surface area contributed by atoms with Crippen LogP contribution >= 0.6 is 11.6 Å². The Hall–Kier alpha value is -2.61. The first-order valence-electron chi connectivity index (χ1n) is 14.7. The Labute approximate surface area is 242 Å². The first kappa shape index (κ1) is 28.9. The number of fused-ring (bicyclic) bond motifs is 3. The molecule has 1 saturated carbocycles. The normalized spacial score (nSPS) is 23.4. The predicted octanol–water partition coefficient (Wildman–Crippen LogP) is 5.64. The summed E-state index contributed by atoms with van der Waals surface area (Å²) in [5, 5.41) is 12.7. The number of nitrogens with one attached hydrogen (secondary N) is 1. The van der Waals surface area contributed by atoms with E-state index in [4.69, 9.17) is 21.1 Å². The van der Waals surface area contributed by atoms with Crippen molar-refractivity contribution < 1.29 is 24.2 Å². The summed E-state index contributed by atoms with van der Waals surface area (Å²) in [7, 11) is 1.51. The second kappa shape index (κ2) is 12.9. The highest BCUT2D eigenvalue weighted by Crippen LogP contribution is 2.42. The zero-order valence-corrected chi connectivity index (χ0v) is 24.2. The second-order valence-corrected chi connectivity index (χ2v) is 12.0. The Morgan fingerprint density at radius 1 is 1.12 bits per heavy atom. The molecular formula is C32H41ClN2O5. The second-order valence-electron chi connectivity index (χ2n) is 11.6. The van der Waals surface area contributed by atoms with E-state index in [9.17, 15) is 14.7 Å². The van der Waals surface area contributed by atoms with Crippen molar-refractivity contribution in [1.82, 2.24) is 4.90 Å². The van der Waals surface area contributed by atoms with E-state index in [-0.39, 0.29) is 24.6 Å². The van der Waals surface area contributed by atoms with E-state index in [0.717, 1.165) is 82.1 Å². The topological polar surface area (TPSA) is 88.1 Å². The van der Waals surface area contributed by atoms with Crippen LogP contribution in [0, 0.1) is 5.92 Å². The van der Waals surface area contributed by atoms with E-state index in [2.05, 4.69) is 28.4 Å². The fraction of sp³-hybridized carbons (Fsp3) is 0.562. The maximum Gasteiger partial charge on any atom is 0.316 e. The molecule has 0 unspecified atom stereocenters. The van der Waals surface area contributed by atoms with Gasteiger partial charge in [-0.15, -0.1) is 0 Å². The molecule has 2 aromatic carbocycles. The molecule has 1 amide bonds. The van der Waals surface area contributed by atoms with Crippen LogP contribution in [0.15, 0.2) is 36.4 Å². The average Bonchev–Trinajstić information content (AvgIpc) is 2.99. The van der Waals surface area contributed by atoms with Crippen molar-refractivity contribution in [3.05, 3.63) is 58.1 Å². The van der Waals surface area contributed by atoms with Crippen LogP contribution in [-0.4, -0.2) is 54.7 Å². The Kier molecular flexibility index (Phi) is 9.34. The van der Waals surface area contributed by atoms with Crippen molar-refractivity contribution in [2.45, 2.75) is 82.3 Å². The number of nitrogens with zero attached hydrogens (tertiary/aromatic N) is 1. The van der Waals surface area contributed by atoms with Crippen LogP contribution in [0.25, 0.3) is 0 Å². The summed E-state index contributed by atoms with van der Waals surface area (Å²) in [5.74, 6) is 0.794. The van der Waals surface area contributed by atoms with E-state index >= 15 is 0 Å². The molecule has 3 aliphatic heterocycles. The van der Waals surface area contributed by atoms with Gasteiger partial charge in [0, 0.05) is 24.6 Å². The molecule has 216 valence electrons. The van der Waals surface area contributed by atoms with Gasteiger partial charge in [-0.3, -0.25) is 14.5 Å². The number of rotatable bonds is 10. The number of hydrogen-bond donors (Lipinski definition) is 2. The van der Waals surface area contributed by atoms with Gasteiger partial charge in [-0.05, 0) is 74.7 Å². The molecule has 6 rings (SSSR count). The van der Waals surface area contributed by atoms with Crippen LogP contribution < -0.4 is 10.1 Å². The lowest BCUT2D eigenvalue weighted by Crippen LogP contribution is -2.53. The molecule has 40 heavy (non-hydrogen) atoms. The van der Waals surface area contributed by atoms with Gasteiger partial charge in [0.05, 0.1) is 29.8 Å². The van der Waals surface area contributed by atoms with Crippen LogP contribution in [0.1, 0.15) is 74.5 Å². The summed E-state index contributed by atoms with van der Waals surface area (Å²) >= 11 is 6.30. The molecular weight excluding hydrogens is 528 g/mol. The third-order valence-electron chi connectivity index (χ3n) is 9.12. The smallest absolute Gasteiger partial charge is 0.316 e. The number of carbonyl (C=O) groups is 2. The van der Waals surface area contributed by atoms with Crippen molar-refractivity contribution >= 4 is 29.2 Å². The number of hydrogen-bond acceptors (Lipinski definition) is 6. The van der Waals surface area contributed by atoms with Crippen LogP contribution in [0.2, 0.25) is 5.02 Å². The highest BCUT2D eigenvalue weighted by atomic mass is 35.5. The van der Waals surface area contributed by atoms with Gasteiger partial charge < -0.3 is 19.9 Å². The van der Waals surface area contributed by atoms with E-state index in [1.54, 1.807) is 12.1 Å². The quantitative estimate of drug-likeness (QED) is 0.361. The highest BCUT2D eigenvalue weighted by Gasteiger charge is 2.45. The van der Waals surface area contributed by atoms with Crippen molar-refractivity contribution in [2.75, 3.05) is 32.1 Å². The van der Waals surface area contributed by atoms with Crippen molar-refractivity contribution in [2.24, 2.45) is 5.92 Å². The fourth-order valence-electron chi connectivity index (χ4n) is 6.75. The minimum Gasteiger partial charge on any atom is -0.496 e. The number of aliphatic hydroxyl groups is 1. The number of piperidine rings is 3. The molecule has 0 spiro atoms. The Morgan fingerprint density at radius 3 is 2.58 bits per heavy atom. The molecule has 7 nitrogen and oxygen atoms in total. The zero-order valence-electron chi connectivity index (χ0n) is 23.4. The largest absolute Gasteiger partial charge is 0.496 e. The Balaban J connectivity index is 1.22. The SMILES string of the molecule is COc1cc(NC(=O)CCCc2cccc(C3(C(=O)O[C@H]4CN5CCC4CC5)CCCCC3)c2)c(Cl)cc1CO. The van der Waals surface area contributed by atoms with E-state index in [1.807, 2.05) is 6.07 Å². The maximum atomic E-state index is 13.8. The Bertz CT molecular complexity index is 1200. The van der Waals surface area contributed by atoms with Gasteiger partial charge in [-0.25, -0.2) is 0 Å². The lowest BCUT2D eigenvalue weighted by Gasteiger charge is -2.45. The minimum atomic E-state index is -0.575. The molecule has 1 aliphatic carbocycles. The number of methoxy groups -OCH3 is 1. The van der Waals surface area contributed by atoms with E-state index in [0.29, 0.717) is 40.8 Å². The summed E-state index contributed by atoms with van der Waals surface area (Å²) < 4.78 is 11.6.